The third-order valence-electron chi connectivity index (χ3n) is 3.58. The number of amides is 1. The van der Waals surface area contributed by atoms with E-state index in [2.05, 4.69) is 0 Å². The molecule has 0 spiro atoms. The van der Waals surface area contributed by atoms with E-state index in [-0.39, 0.29) is 31.3 Å². The van der Waals surface area contributed by atoms with Gasteiger partial charge in [0, 0.05) is 32.7 Å². The van der Waals surface area contributed by atoms with Crippen molar-refractivity contribution >= 4 is 26.0 Å². The second-order valence-corrected chi connectivity index (χ2v) is 9.12. The van der Waals surface area contributed by atoms with E-state index in [1.165, 1.54) is 13.5 Å². The zero-order chi connectivity index (χ0) is 15.0. The van der Waals surface area contributed by atoms with Gasteiger partial charge in [-0.25, -0.2) is 16.8 Å². The largest absolute Gasteiger partial charge is 0.339 e. The first-order valence-corrected chi connectivity index (χ1v) is 9.86. The molecule has 0 radical (unpaired) electrons. The first-order valence-electron chi connectivity index (χ1n) is 6.41. The van der Waals surface area contributed by atoms with Crippen LogP contribution in [0, 0.1) is 0 Å². The van der Waals surface area contributed by atoms with E-state index in [9.17, 15) is 21.6 Å². The van der Waals surface area contributed by atoms with E-state index in [0.717, 1.165) is 6.26 Å². The van der Waals surface area contributed by atoms with Crippen molar-refractivity contribution in [2.24, 2.45) is 0 Å². The number of rotatable bonds is 3. The minimum atomic E-state index is -3.28. The van der Waals surface area contributed by atoms with Crippen LogP contribution in [0.2, 0.25) is 0 Å². The quantitative estimate of drug-likeness (QED) is 0.605. The topological polar surface area (TPSA) is 95.1 Å². The van der Waals surface area contributed by atoms with Crippen molar-refractivity contribution in [2.75, 3.05) is 51.3 Å². The molecule has 0 saturated carbocycles. The van der Waals surface area contributed by atoms with Crippen molar-refractivity contribution in [1.82, 2.24) is 13.5 Å². The van der Waals surface area contributed by atoms with E-state index >= 15 is 0 Å². The molecule has 2 heterocycles. The van der Waals surface area contributed by atoms with Gasteiger partial charge in [0.15, 0.2) is 0 Å². The lowest BCUT2D eigenvalue weighted by Crippen LogP contribution is -2.52. The summed E-state index contributed by atoms with van der Waals surface area (Å²) in [6.07, 6.45) is 1.69. The molecule has 1 amide bonds. The minimum absolute atomic E-state index is 0.0993. The summed E-state index contributed by atoms with van der Waals surface area (Å²) in [5.41, 5.74) is 0. The number of hydrogen-bond acceptors (Lipinski definition) is 5. The summed E-state index contributed by atoms with van der Waals surface area (Å²) in [7, 11) is -6.50. The predicted molar refractivity (Wildman–Crippen MR) is 73.0 cm³/mol. The molecule has 0 aromatic rings. The zero-order valence-corrected chi connectivity index (χ0v) is 13.0. The Morgan fingerprint density at radius 1 is 1.10 bits per heavy atom. The maximum atomic E-state index is 12.1. The predicted octanol–water partition coefficient (Wildman–Crippen LogP) is -1.87. The van der Waals surface area contributed by atoms with Gasteiger partial charge in [-0.1, -0.05) is 0 Å². The highest BCUT2D eigenvalue weighted by molar-refractivity contribution is 7.89. The molecule has 0 unspecified atom stereocenters. The Bertz CT molecular complexity index is 578. The van der Waals surface area contributed by atoms with Crippen LogP contribution < -0.4 is 0 Å². The molecule has 2 aliphatic rings. The Labute approximate surface area is 119 Å². The van der Waals surface area contributed by atoms with Crippen LogP contribution in [0.4, 0.5) is 0 Å². The number of carbonyl (C=O) groups excluding carboxylic acids is 1. The Kier molecular flexibility index (Phi) is 4.38. The van der Waals surface area contributed by atoms with Gasteiger partial charge in [0.25, 0.3) is 0 Å². The maximum Gasteiger partial charge on any atom is 0.237 e. The Morgan fingerprint density at radius 3 is 2.15 bits per heavy atom. The average molecular weight is 325 g/mol. The Balaban J connectivity index is 1.90. The second kappa shape index (κ2) is 5.58. The second-order valence-electron chi connectivity index (χ2n) is 5.05. The SMILES string of the molecule is CS(=O)(=O)N1CCN(C(=O)CN2CCCS2(=O)=O)CC1. The van der Waals surface area contributed by atoms with Crippen molar-refractivity contribution in [2.45, 2.75) is 6.42 Å². The summed E-state index contributed by atoms with van der Waals surface area (Å²) in [4.78, 5) is 13.6. The smallest absolute Gasteiger partial charge is 0.237 e. The van der Waals surface area contributed by atoms with Gasteiger partial charge in [-0.15, -0.1) is 0 Å². The van der Waals surface area contributed by atoms with Gasteiger partial charge in [-0.2, -0.15) is 8.61 Å². The van der Waals surface area contributed by atoms with Crippen molar-refractivity contribution in [3.8, 4) is 0 Å². The first-order chi connectivity index (χ1) is 9.20. The number of hydrogen-bond donors (Lipinski definition) is 0. The van der Waals surface area contributed by atoms with Crippen molar-refractivity contribution in [1.29, 1.82) is 0 Å². The first kappa shape index (κ1) is 15.7. The van der Waals surface area contributed by atoms with Gasteiger partial charge < -0.3 is 4.90 Å². The molecule has 8 nitrogen and oxygen atoms in total. The molecular formula is C10H19N3O5S2. The molecular weight excluding hydrogens is 306 g/mol. The normalized spacial score (nSPS) is 24.9. The number of carbonyl (C=O) groups is 1. The van der Waals surface area contributed by atoms with Crippen LogP contribution in [-0.4, -0.2) is 87.5 Å². The standard InChI is InChI=1S/C10H19N3O5S2/c1-19(15,16)12-6-4-11(5-7-12)10(14)9-13-3-2-8-20(13,17)18/h2-9H2,1H3. The van der Waals surface area contributed by atoms with Gasteiger partial charge in [-0.3, -0.25) is 4.79 Å². The van der Waals surface area contributed by atoms with E-state index in [1.54, 1.807) is 0 Å². The van der Waals surface area contributed by atoms with Gasteiger partial charge in [0.1, 0.15) is 0 Å². The van der Waals surface area contributed by atoms with Crippen molar-refractivity contribution < 1.29 is 21.6 Å². The maximum absolute atomic E-state index is 12.1. The highest BCUT2D eigenvalue weighted by Gasteiger charge is 2.32. The summed E-state index contributed by atoms with van der Waals surface area (Å²) in [5.74, 6) is -0.161. The van der Waals surface area contributed by atoms with Crippen LogP contribution in [0.1, 0.15) is 6.42 Å². The van der Waals surface area contributed by atoms with Gasteiger partial charge in [0.05, 0.1) is 18.6 Å². The van der Waals surface area contributed by atoms with Gasteiger partial charge in [-0.05, 0) is 6.42 Å². The fourth-order valence-corrected chi connectivity index (χ4v) is 4.68. The Hall–Kier alpha value is -0.710. The van der Waals surface area contributed by atoms with Crippen LogP contribution in [-0.2, 0) is 24.8 Å². The molecule has 116 valence electrons. The zero-order valence-electron chi connectivity index (χ0n) is 11.4. The third kappa shape index (κ3) is 3.48. The molecule has 0 bridgehead atoms. The summed E-state index contributed by atoms with van der Waals surface area (Å²) in [6.45, 7) is 1.38. The number of sulfonamides is 2. The lowest BCUT2D eigenvalue weighted by Gasteiger charge is -2.33. The molecule has 0 aliphatic carbocycles. The molecule has 2 rings (SSSR count). The third-order valence-corrected chi connectivity index (χ3v) is 6.78. The number of nitrogens with zero attached hydrogens (tertiary/aromatic N) is 3. The molecule has 2 fully saturated rings. The molecule has 2 aliphatic heterocycles. The van der Waals surface area contributed by atoms with E-state index in [1.807, 2.05) is 0 Å². The van der Waals surface area contributed by atoms with Crippen molar-refractivity contribution in [3.05, 3.63) is 0 Å². The molecule has 0 N–H and O–H groups in total. The minimum Gasteiger partial charge on any atom is -0.339 e. The highest BCUT2D eigenvalue weighted by atomic mass is 32.2. The lowest BCUT2D eigenvalue weighted by atomic mass is 10.3. The van der Waals surface area contributed by atoms with Crippen LogP contribution in [0.25, 0.3) is 0 Å². The highest BCUT2D eigenvalue weighted by Crippen LogP contribution is 2.14. The average Bonchev–Trinajstić information content (AvgIpc) is 2.68. The molecule has 20 heavy (non-hydrogen) atoms. The molecule has 0 aromatic heterocycles. The lowest BCUT2D eigenvalue weighted by molar-refractivity contribution is -0.132. The van der Waals surface area contributed by atoms with Crippen LogP contribution in [0.3, 0.4) is 0 Å². The summed E-state index contributed by atoms with van der Waals surface area (Å²) in [6, 6.07) is 0. The summed E-state index contributed by atoms with van der Waals surface area (Å²) in [5, 5.41) is 0. The molecule has 0 aromatic carbocycles. The van der Waals surface area contributed by atoms with E-state index in [0.29, 0.717) is 26.1 Å². The van der Waals surface area contributed by atoms with Crippen LogP contribution in [0.15, 0.2) is 0 Å². The van der Waals surface area contributed by atoms with Crippen LogP contribution in [0.5, 0.6) is 0 Å². The van der Waals surface area contributed by atoms with E-state index < -0.39 is 20.0 Å². The monoisotopic (exact) mass is 325 g/mol. The molecule has 10 heteroatoms. The van der Waals surface area contributed by atoms with Crippen LogP contribution >= 0.6 is 0 Å². The van der Waals surface area contributed by atoms with Crippen molar-refractivity contribution in [3.63, 3.8) is 0 Å². The molecule has 0 atom stereocenters. The van der Waals surface area contributed by atoms with Gasteiger partial charge >= 0.3 is 0 Å². The fraction of sp³-hybridized carbons (Fsp3) is 0.900. The fourth-order valence-electron chi connectivity index (χ4n) is 2.39. The molecule has 2 saturated heterocycles. The Morgan fingerprint density at radius 2 is 1.70 bits per heavy atom. The summed E-state index contributed by atoms with van der Waals surface area (Å²) < 4.78 is 48.5. The number of piperazine rings is 1. The summed E-state index contributed by atoms with van der Waals surface area (Å²) >= 11 is 0. The van der Waals surface area contributed by atoms with E-state index in [4.69, 9.17) is 0 Å². The van der Waals surface area contributed by atoms with Gasteiger partial charge in [0.2, 0.25) is 26.0 Å².